The van der Waals surface area contributed by atoms with Crippen LogP contribution in [-0.4, -0.2) is 22.2 Å². The third-order valence-electron chi connectivity index (χ3n) is 2.12. The van der Waals surface area contributed by atoms with E-state index in [0.717, 1.165) is 5.69 Å². The molecule has 1 aromatic heterocycles. The molecule has 0 fully saturated rings. The predicted molar refractivity (Wildman–Crippen MR) is 63.8 cm³/mol. The van der Waals surface area contributed by atoms with Crippen molar-refractivity contribution in [1.82, 2.24) is 4.98 Å². The summed E-state index contributed by atoms with van der Waals surface area (Å²) < 4.78 is 0. The number of pyridine rings is 1. The lowest BCUT2D eigenvalue weighted by Gasteiger charge is -2.06. The van der Waals surface area contributed by atoms with Crippen molar-refractivity contribution in [3.8, 4) is 0 Å². The number of rotatable bonds is 3. The zero-order valence-corrected chi connectivity index (χ0v) is 8.54. The van der Waals surface area contributed by atoms with Gasteiger partial charge in [0.15, 0.2) is 0 Å². The van der Waals surface area contributed by atoms with Crippen LogP contribution in [0.4, 0.5) is 11.5 Å². The molecule has 0 atom stereocenters. The van der Waals surface area contributed by atoms with E-state index >= 15 is 0 Å². The van der Waals surface area contributed by atoms with Crippen molar-refractivity contribution < 1.29 is 10.0 Å². The Hall–Kier alpha value is -1.85. The first kappa shape index (κ1) is 10.7. The van der Waals surface area contributed by atoms with E-state index in [9.17, 15) is 0 Å². The van der Waals surface area contributed by atoms with Crippen LogP contribution in [0.15, 0.2) is 48.7 Å². The monoisotopic (exact) mass is 214 g/mol. The van der Waals surface area contributed by atoms with E-state index in [-0.39, 0.29) is 0 Å². The minimum absolute atomic E-state index is 0.445. The fourth-order valence-corrected chi connectivity index (χ4v) is 1.36. The van der Waals surface area contributed by atoms with Gasteiger partial charge in [0.25, 0.3) is 0 Å². The molecule has 80 valence electrons. The molecule has 1 heterocycles. The zero-order valence-electron chi connectivity index (χ0n) is 8.54. The smallest absolute Gasteiger partial charge is 0.423 e. The van der Waals surface area contributed by atoms with E-state index in [1.807, 2.05) is 24.3 Å². The summed E-state index contributed by atoms with van der Waals surface area (Å²) in [7, 11) is -1.45. The van der Waals surface area contributed by atoms with Gasteiger partial charge in [-0.2, -0.15) is 0 Å². The second-order valence-electron chi connectivity index (χ2n) is 3.34. The molecule has 0 radical (unpaired) electrons. The van der Waals surface area contributed by atoms with Crippen molar-refractivity contribution >= 4 is 24.1 Å². The maximum Gasteiger partial charge on any atom is 0.488 e. The van der Waals surface area contributed by atoms with Gasteiger partial charge in [0.2, 0.25) is 0 Å². The van der Waals surface area contributed by atoms with Gasteiger partial charge in [-0.3, -0.25) is 0 Å². The maximum atomic E-state index is 9.03. The van der Waals surface area contributed by atoms with Crippen molar-refractivity contribution in [2.24, 2.45) is 0 Å². The molecule has 0 saturated carbocycles. The van der Waals surface area contributed by atoms with E-state index < -0.39 is 7.12 Å². The Balaban J connectivity index is 2.19. The molecule has 0 aliphatic carbocycles. The van der Waals surface area contributed by atoms with E-state index in [2.05, 4.69) is 10.3 Å². The summed E-state index contributed by atoms with van der Waals surface area (Å²) in [5.41, 5.74) is 1.21. The van der Waals surface area contributed by atoms with Crippen molar-refractivity contribution in [1.29, 1.82) is 0 Å². The molecule has 0 saturated heterocycles. The summed E-state index contributed by atoms with van der Waals surface area (Å²) in [5.74, 6) is 0.715. The fraction of sp³-hybridized carbons (Fsp3) is 0. The van der Waals surface area contributed by atoms with Crippen LogP contribution in [0.25, 0.3) is 0 Å². The zero-order chi connectivity index (χ0) is 11.4. The first-order chi connectivity index (χ1) is 7.75. The minimum atomic E-state index is -1.45. The molecule has 3 N–H and O–H groups in total. The van der Waals surface area contributed by atoms with Crippen LogP contribution in [0.1, 0.15) is 0 Å². The molecule has 0 aliphatic rings. The predicted octanol–water partition coefficient (Wildman–Crippen LogP) is 0.505. The Labute approximate surface area is 93.7 Å². The summed E-state index contributed by atoms with van der Waals surface area (Å²) in [4.78, 5) is 4.11. The van der Waals surface area contributed by atoms with Crippen LogP contribution in [0.2, 0.25) is 0 Å². The summed E-state index contributed by atoms with van der Waals surface area (Å²) in [6, 6.07) is 12.4. The molecule has 2 aromatic rings. The number of nitrogens with one attached hydrogen (secondary N) is 1. The SMILES string of the molecule is OB(O)c1cccc(Nc2ccccn2)c1. The molecule has 0 bridgehead atoms. The standard InChI is InChI=1S/C11H11BN2O2/c15-12(16)9-4-3-5-10(8-9)14-11-6-1-2-7-13-11/h1-8,15-16H,(H,13,14). The van der Waals surface area contributed by atoms with Gasteiger partial charge in [0.1, 0.15) is 5.82 Å². The third kappa shape index (κ3) is 2.59. The molecule has 0 amide bonds. The van der Waals surface area contributed by atoms with Gasteiger partial charge in [-0.15, -0.1) is 0 Å². The highest BCUT2D eigenvalue weighted by atomic mass is 16.4. The van der Waals surface area contributed by atoms with E-state index in [4.69, 9.17) is 10.0 Å². The molecule has 4 nitrogen and oxygen atoms in total. The van der Waals surface area contributed by atoms with Crippen LogP contribution in [0, 0.1) is 0 Å². The van der Waals surface area contributed by atoms with Gasteiger partial charge in [-0.1, -0.05) is 18.2 Å². The lowest BCUT2D eigenvalue weighted by Crippen LogP contribution is -2.29. The number of benzene rings is 1. The van der Waals surface area contributed by atoms with Crippen LogP contribution in [0.3, 0.4) is 0 Å². The first-order valence-electron chi connectivity index (χ1n) is 4.90. The Morgan fingerprint density at radius 2 is 1.94 bits per heavy atom. The fourth-order valence-electron chi connectivity index (χ4n) is 1.36. The van der Waals surface area contributed by atoms with E-state index in [1.165, 1.54) is 0 Å². The maximum absolute atomic E-state index is 9.03. The molecule has 16 heavy (non-hydrogen) atoms. The van der Waals surface area contributed by atoms with Gasteiger partial charge < -0.3 is 15.4 Å². The Morgan fingerprint density at radius 1 is 1.06 bits per heavy atom. The minimum Gasteiger partial charge on any atom is -0.423 e. The van der Waals surface area contributed by atoms with Crippen LogP contribution in [-0.2, 0) is 0 Å². The van der Waals surface area contributed by atoms with Crippen molar-refractivity contribution in [2.45, 2.75) is 0 Å². The van der Waals surface area contributed by atoms with Crippen LogP contribution < -0.4 is 10.8 Å². The number of anilines is 2. The van der Waals surface area contributed by atoms with Crippen LogP contribution in [0.5, 0.6) is 0 Å². The van der Waals surface area contributed by atoms with Gasteiger partial charge in [-0.25, -0.2) is 4.98 Å². The molecular formula is C11H11BN2O2. The van der Waals surface area contributed by atoms with Crippen molar-refractivity contribution in [2.75, 3.05) is 5.32 Å². The highest BCUT2D eigenvalue weighted by Gasteiger charge is 2.10. The van der Waals surface area contributed by atoms with Gasteiger partial charge in [-0.05, 0) is 29.7 Å². The quantitative estimate of drug-likeness (QED) is 0.651. The molecular weight excluding hydrogens is 203 g/mol. The first-order valence-corrected chi connectivity index (χ1v) is 4.90. The molecule has 0 aliphatic heterocycles. The second-order valence-corrected chi connectivity index (χ2v) is 3.34. The third-order valence-corrected chi connectivity index (χ3v) is 2.12. The number of hydrogen-bond acceptors (Lipinski definition) is 4. The normalized spacial score (nSPS) is 9.88. The topological polar surface area (TPSA) is 65.4 Å². The second kappa shape index (κ2) is 4.78. The van der Waals surface area contributed by atoms with Crippen molar-refractivity contribution in [3.63, 3.8) is 0 Å². The van der Waals surface area contributed by atoms with Crippen LogP contribution >= 0.6 is 0 Å². The van der Waals surface area contributed by atoms with Gasteiger partial charge in [0, 0.05) is 11.9 Å². The van der Waals surface area contributed by atoms with E-state index in [0.29, 0.717) is 11.3 Å². The van der Waals surface area contributed by atoms with Gasteiger partial charge >= 0.3 is 7.12 Å². The lowest BCUT2D eigenvalue weighted by atomic mass is 9.80. The van der Waals surface area contributed by atoms with Crippen molar-refractivity contribution in [3.05, 3.63) is 48.7 Å². The Morgan fingerprint density at radius 3 is 2.62 bits per heavy atom. The lowest BCUT2D eigenvalue weighted by molar-refractivity contribution is 0.426. The Kier molecular flexibility index (Phi) is 3.19. The molecule has 0 unspecified atom stereocenters. The summed E-state index contributed by atoms with van der Waals surface area (Å²) in [6.07, 6.45) is 1.69. The molecule has 5 heteroatoms. The largest absolute Gasteiger partial charge is 0.488 e. The Bertz CT molecular complexity index is 463. The van der Waals surface area contributed by atoms with E-state index in [1.54, 1.807) is 24.4 Å². The average molecular weight is 214 g/mol. The highest BCUT2D eigenvalue weighted by Crippen LogP contribution is 2.11. The molecule has 1 aromatic carbocycles. The average Bonchev–Trinajstić information content (AvgIpc) is 2.30. The number of nitrogens with zero attached hydrogens (tertiary/aromatic N) is 1. The highest BCUT2D eigenvalue weighted by molar-refractivity contribution is 6.58. The molecule has 0 spiro atoms. The summed E-state index contributed by atoms with van der Waals surface area (Å²) >= 11 is 0. The number of hydrogen-bond donors (Lipinski definition) is 3. The summed E-state index contributed by atoms with van der Waals surface area (Å²) in [6.45, 7) is 0. The van der Waals surface area contributed by atoms with Gasteiger partial charge in [0.05, 0.1) is 0 Å². The summed E-state index contributed by atoms with van der Waals surface area (Å²) in [5, 5.41) is 21.1. The molecule has 2 rings (SSSR count). The number of aromatic nitrogens is 1.